The number of Topliss-reactive ketones (excluding diaryl/α,β-unsaturated/α-hetero) is 1. The highest BCUT2D eigenvalue weighted by atomic mass is 16.3. The van der Waals surface area contributed by atoms with Gasteiger partial charge in [-0.3, -0.25) is 9.69 Å². The van der Waals surface area contributed by atoms with Gasteiger partial charge in [-0.1, -0.05) is 12.8 Å². The summed E-state index contributed by atoms with van der Waals surface area (Å²) in [5.41, 5.74) is -0.243. The van der Waals surface area contributed by atoms with Crippen LogP contribution in [-0.4, -0.2) is 30.3 Å². The maximum atomic E-state index is 12.4. The van der Waals surface area contributed by atoms with Crippen molar-refractivity contribution in [1.82, 2.24) is 4.90 Å². The van der Waals surface area contributed by atoms with Crippen LogP contribution in [-0.2, 0) is 11.2 Å². The second-order valence-corrected chi connectivity index (χ2v) is 4.81. The second kappa shape index (κ2) is 4.42. The van der Waals surface area contributed by atoms with Crippen molar-refractivity contribution >= 4 is 5.78 Å². The Hall–Kier alpha value is -1.09. The van der Waals surface area contributed by atoms with Gasteiger partial charge < -0.3 is 4.42 Å². The fourth-order valence-corrected chi connectivity index (χ4v) is 2.67. The molecule has 0 aliphatic heterocycles. The van der Waals surface area contributed by atoms with Crippen LogP contribution < -0.4 is 0 Å². The lowest BCUT2D eigenvalue weighted by Gasteiger charge is -2.34. The summed E-state index contributed by atoms with van der Waals surface area (Å²) < 4.78 is 5.25. The average molecular weight is 221 g/mol. The SMILES string of the molecule is CN(C)C1(C(=O)Cc2ccco2)CCCC1. The molecule has 0 spiro atoms. The molecule has 0 aromatic carbocycles. The summed E-state index contributed by atoms with van der Waals surface area (Å²) >= 11 is 0. The van der Waals surface area contributed by atoms with Crippen molar-refractivity contribution < 1.29 is 9.21 Å². The molecule has 88 valence electrons. The van der Waals surface area contributed by atoms with E-state index in [4.69, 9.17) is 4.42 Å². The van der Waals surface area contributed by atoms with Crippen molar-refractivity contribution in [2.24, 2.45) is 0 Å². The van der Waals surface area contributed by atoms with Crippen LogP contribution in [0.2, 0.25) is 0 Å². The molecule has 0 unspecified atom stereocenters. The Morgan fingerprint density at radius 3 is 2.62 bits per heavy atom. The molecule has 16 heavy (non-hydrogen) atoms. The predicted molar refractivity (Wildman–Crippen MR) is 62.3 cm³/mol. The Kier molecular flexibility index (Phi) is 3.15. The summed E-state index contributed by atoms with van der Waals surface area (Å²) in [5.74, 6) is 1.07. The van der Waals surface area contributed by atoms with E-state index in [0.29, 0.717) is 12.2 Å². The molecule has 1 aromatic rings. The largest absolute Gasteiger partial charge is 0.469 e. The number of nitrogens with zero attached hydrogens (tertiary/aromatic N) is 1. The maximum Gasteiger partial charge on any atom is 0.160 e. The van der Waals surface area contributed by atoms with Gasteiger partial charge in [0, 0.05) is 0 Å². The molecule has 0 N–H and O–H groups in total. The number of hydrogen-bond donors (Lipinski definition) is 0. The van der Waals surface area contributed by atoms with E-state index >= 15 is 0 Å². The first-order valence-corrected chi connectivity index (χ1v) is 5.88. The van der Waals surface area contributed by atoms with E-state index in [1.165, 1.54) is 0 Å². The summed E-state index contributed by atoms with van der Waals surface area (Å²) in [4.78, 5) is 14.5. The Morgan fingerprint density at radius 2 is 2.12 bits per heavy atom. The lowest BCUT2D eigenvalue weighted by Crippen LogP contribution is -2.49. The fraction of sp³-hybridized carbons (Fsp3) is 0.615. The first-order valence-electron chi connectivity index (χ1n) is 5.88. The minimum absolute atomic E-state index is 0.243. The summed E-state index contributed by atoms with van der Waals surface area (Å²) in [6.07, 6.45) is 6.33. The van der Waals surface area contributed by atoms with Gasteiger partial charge in [-0.15, -0.1) is 0 Å². The lowest BCUT2D eigenvalue weighted by molar-refractivity contribution is -0.129. The maximum absolute atomic E-state index is 12.4. The van der Waals surface area contributed by atoms with Crippen molar-refractivity contribution in [3.8, 4) is 0 Å². The molecule has 0 bridgehead atoms. The molecule has 0 radical (unpaired) electrons. The molecule has 2 rings (SSSR count). The van der Waals surface area contributed by atoms with Gasteiger partial charge in [0.2, 0.25) is 0 Å². The number of ketones is 1. The van der Waals surface area contributed by atoms with Crippen LogP contribution in [0.25, 0.3) is 0 Å². The summed E-state index contributed by atoms with van der Waals surface area (Å²) in [6.45, 7) is 0. The molecule has 1 aliphatic rings. The first kappa shape index (κ1) is 11.4. The number of furan rings is 1. The average Bonchev–Trinajstić information content (AvgIpc) is 2.87. The molecule has 0 amide bonds. The van der Waals surface area contributed by atoms with Crippen molar-refractivity contribution in [2.45, 2.75) is 37.6 Å². The van der Waals surface area contributed by atoms with Crippen LogP contribution in [0, 0.1) is 0 Å². The van der Waals surface area contributed by atoms with Gasteiger partial charge in [0.25, 0.3) is 0 Å². The Balaban J connectivity index is 2.12. The third kappa shape index (κ3) is 1.92. The molecule has 3 nitrogen and oxygen atoms in total. The molecule has 1 fully saturated rings. The molecule has 1 aromatic heterocycles. The topological polar surface area (TPSA) is 33.5 Å². The quantitative estimate of drug-likeness (QED) is 0.782. The summed E-state index contributed by atoms with van der Waals surface area (Å²) in [6, 6.07) is 3.70. The third-order valence-electron chi connectivity index (χ3n) is 3.72. The van der Waals surface area contributed by atoms with Crippen molar-refractivity contribution in [1.29, 1.82) is 0 Å². The van der Waals surface area contributed by atoms with E-state index in [-0.39, 0.29) is 5.54 Å². The highest BCUT2D eigenvalue weighted by Crippen LogP contribution is 2.35. The Morgan fingerprint density at radius 1 is 1.44 bits per heavy atom. The van der Waals surface area contributed by atoms with Gasteiger partial charge in [0.1, 0.15) is 5.76 Å². The van der Waals surface area contributed by atoms with E-state index in [0.717, 1.165) is 31.4 Å². The zero-order chi connectivity index (χ0) is 11.6. The molecule has 0 atom stereocenters. The van der Waals surface area contributed by atoms with Gasteiger partial charge in [0.05, 0.1) is 18.2 Å². The molecule has 1 saturated carbocycles. The van der Waals surface area contributed by atoms with Crippen molar-refractivity contribution in [3.05, 3.63) is 24.2 Å². The molecule has 0 saturated heterocycles. The molecular weight excluding hydrogens is 202 g/mol. The molecule has 1 aliphatic carbocycles. The molecule has 3 heteroatoms. The third-order valence-corrected chi connectivity index (χ3v) is 3.72. The fourth-order valence-electron chi connectivity index (χ4n) is 2.67. The number of likely N-dealkylation sites (N-methyl/N-ethyl adjacent to an activating group) is 1. The van der Waals surface area contributed by atoms with Gasteiger partial charge in [-0.05, 0) is 39.1 Å². The minimum Gasteiger partial charge on any atom is -0.469 e. The van der Waals surface area contributed by atoms with Crippen LogP contribution in [0.3, 0.4) is 0 Å². The monoisotopic (exact) mass is 221 g/mol. The molecular formula is C13H19NO2. The van der Waals surface area contributed by atoms with Gasteiger partial charge in [0.15, 0.2) is 5.78 Å². The lowest BCUT2D eigenvalue weighted by atomic mass is 9.88. The van der Waals surface area contributed by atoms with Gasteiger partial charge in [-0.2, -0.15) is 0 Å². The number of rotatable bonds is 4. The zero-order valence-electron chi connectivity index (χ0n) is 10.0. The first-order chi connectivity index (χ1) is 7.65. The van der Waals surface area contributed by atoms with Gasteiger partial charge >= 0.3 is 0 Å². The predicted octanol–water partition coefficient (Wildman–Crippen LogP) is 2.27. The van der Waals surface area contributed by atoms with Crippen molar-refractivity contribution in [3.63, 3.8) is 0 Å². The van der Waals surface area contributed by atoms with Crippen LogP contribution in [0.5, 0.6) is 0 Å². The van der Waals surface area contributed by atoms with E-state index in [1.807, 2.05) is 26.2 Å². The van der Waals surface area contributed by atoms with E-state index in [1.54, 1.807) is 6.26 Å². The highest BCUT2D eigenvalue weighted by Gasteiger charge is 2.42. The summed E-state index contributed by atoms with van der Waals surface area (Å²) in [5, 5.41) is 0. The van der Waals surface area contributed by atoms with Crippen LogP contribution >= 0.6 is 0 Å². The zero-order valence-corrected chi connectivity index (χ0v) is 10.0. The standard InChI is InChI=1S/C13H19NO2/c1-14(2)13(7-3-4-8-13)12(15)10-11-6-5-9-16-11/h5-6,9H,3-4,7-8,10H2,1-2H3. The van der Waals surface area contributed by atoms with Crippen molar-refractivity contribution in [2.75, 3.05) is 14.1 Å². The molecule has 1 heterocycles. The van der Waals surface area contributed by atoms with E-state index in [9.17, 15) is 4.79 Å². The van der Waals surface area contributed by atoms with E-state index < -0.39 is 0 Å². The minimum atomic E-state index is -0.243. The number of carbonyl (C=O) groups is 1. The van der Waals surface area contributed by atoms with Gasteiger partial charge in [-0.25, -0.2) is 0 Å². The Bertz CT molecular complexity index is 348. The highest BCUT2D eigenvalue weighted by molar-refractivity contribution is 5.90. The second-order valence-electron chi connectivity index (χ2n) is 4.81. The number of carbonyl (C=O) groups excluding carboxylic acids is 1. The van der Waals surface area contributed by atoms with E-state index in [2.05, 4.69) is 4.90 Å². The normalized spacial score (nSPS) is 19.2. The number of hydrogen-bond acceptors (Lipinski definition) is 3. The smallest absolute Gasteiger partial charge is 0.160 e. The van der Waals surface area contributed by atoms with Crippen LogP contribution in [0.15, 0.2) is 22.8 Å². The van der Waals surface area contributed by atoms with Crippen LogP contribution in [0.1, 0.15) is 31.4 Å². The summed E-state index contributed by atoms with van der Waals surface area (Å²) in [7, 11) is 4.01. The van der Waals surface area contributed by atoms with Crippen LogP contribution in [0.4, 0.5) is 0 Å². The Labute approximate surface area is 96.4 Å².